The van der Waals surface area contributed by atoms with Gasteiger partial charge in [-0.2, -0.15) is 0 Å². The van der Waals surface area contributed by atoms with Gasteiger partial charge in [0.2, 0.25) is 0 Å². The lowest BCUT2D eigenvalue weighted by atomic mass is 9.83. The molecule has 0 aliphatic heterocycles. The Morgan fingerprint density at radius 3 is 2.81 bits per heavy atom. The molecular formula is C21H30IN3O2. The van der Waals surface area contributed by atoms with Gasteiger partial charge in [0.05, 0.1) is 12.8 Å². The van der Waals surface area contributed by atoms with Gasteiger partial charge in [0.1, 0.15) is 11.4 Å². The number of hydrogen-bond donors (Lipinski definition) is 3. The molecule has 0 fully saturated rings. The van der Waals surface area contributed by atoms with E-state index in [1.165, 1.54) is 30.4 Å². The second kappa shape index (κ2) is 10.1. The number of nitrogens with zero attached hydrogens (tertiary/aromatic N) is 1. The third kappa shape index (κ3) is 5.72. The highest BCUT2D eigenvalue weighted by molar-refractivity contribution is 14.0. The Bertz CT molecular complexity index is 729. The van der Waals surface area contributed by atoms with E-state index in [9.17, 15) is 5.11 Å². The van der Waals surface area contributed by atoms with Crippen molar-refractivity contribution in [3.05, 3.63) is 59.5 Å². The molecule has 148 valence electrons. The zero-order chi connectivity index (χ0) is 18.4. The molecule has 2 aromatic rings. The van der Waals surface area contributed by atoms with Gasteiger partial charge in [-0.05, 0) is 56.4 Å². The average molecular weight is 483 g/mol. The Balaban J connectivity index is 0.00000261. The van der Waals surface area contributed by atoms with E-state index in [-0.39, 0.29) is 30.5 Å². The minimum atomic E-state index is -1.12. The molecule has 3 N–H and O–H groups in total. The van der Waals surface area contributed by atoms with Crippen molar-refractivity contribution in [2.24, 2.45) is 4.99 Å². The van der Waals surface area contributed by atoms with Crippen LogP contribution in [0.4, 0.5) is 0 Å². The van der Waals surface area contributed by atoms with Crippen molar-refractivity contribution in [3.63, 3.8) is 0 Å². The lowest BCUT2D eigenvalue weighted by Crippen LogP contribution is -2.41. The number of aryl methyl sites for hydroxylation is 1. The highest BCUT2D eigenvalue weighted by atomic mass is 127. The lowest BCUT2D eigenvalue weighted by Gasteiger charge is -2.26. The molecule has 0 bridgehead atoms. The lowest BCUT2D eigenvalue weighted by molar-refractivity contribution is 0.0437. The first-order valence-corrected chi connectivity index (χ1v) is 9.46. The van der Waals surface area contributed by atoms with E-state index in [4.69, 9.17) is 4.42 Å². The molecule has 2 atom stereocenters. The molecule has 0 saturated carbocycles. The van der Waals surface area contributed by atoms with Crippen molar-refractivity contribution in [1.82, 2.24) is 10.6 Å². The van der Waals surface area contributed by atoms with Gasteiger partial charge in [0.25, 0.3) is 0 Å². The first-order chi connectivity index (χ1) is 12.6. The van der Waals surface area contributed by atoms with Crippen LogP contribution in [0.1, 0.15) is 49.5 Å². The summed E-state index contributed by atoms with van der Waals surface area (Å²) in [4.78, 5) is 4.57. The van der Waals surface area contributed by atoms with E-state index < -0.39 is 5.60 Å². The highest BCUT2D eigenvalue weighted by Crippen LogP contribution is 2.30. The monoisotopic (exact) mass is 483 g/mol. The van der Waals surface area contributed by atoms with E-state index in [0.29, 0.717) is 11.7 Å². The third-order valence-corrected chi connectivity index (χ3v) is 4.95. The first-order valence-electron chi connectivity index (χ1n) is 9.46. The summed E-state index contributed by atoms with van der Waals surface area (Å²) in [5.74, 6) is 1.75. The summed E-state index contributed by atoms with van der Waals surface area (Å²) < 4.78 is 5.32. The van der Waals surface area contributed by atoms with Crippen LogP contribution >= 0.6 is 24.0 Å². The number of nitrogens with one attached hydrogen (secondary N) is 2. The van der Waals surface area contributed by atoms with Gasteiger partial charge in [-0.1, -0.05) is 24.3 Å². The summed E-state index contributed by atoms with van der Waals surface area (Å²) in [6, 6.07) is 12.3. The number of aliphatic hydroxyl groups is 1. The standard InChI is InChI=1S/C21H29N3O2.HI/c1-3-22-20(24-15-21(2,25)19-12-7-13-26-19)23-14-17-10-6-9-16-8-4-5-11-18(16)17;/h4-5,7-8,11-13,17,25H,3,6,9-10,14-15H2,1-2H3,(H2,22,23,24);1H. The van der Waals surface area contributed by atoms with Crippen LogP contribution in [-0.2, 0) is 12.0 Å². The SMILES string of the molecule is CCNC(=NCC(C)(O)c1ccco1)NCC1CCCc2ccccc21.I. The Hall–Kier alpha value is -1.54. The van der Waals surface area contributed by atoms with Gasteiger partial charge in [-0.15, -0.1) is 24.0 Å². The number of benzene rings is 1. The molecule has 27 heavy (non-hydrogen) atoms. The number of rotatable bonds is 6. The number of furan rings is 1. The number of halogens is 1. The quantitative estimate of drug-likeness (QED) is 0.333. The van der Waals surface area contributed by atoms with Gasteiger partial charge in [0, 0.05) is 19.0 Å². The third-order valence-electron chi connectivity index (χ3n) is 4.95. The molecular weight excluding hydrogens is 453 g/mol. The van der Waals surface area contributed by atoms with Crippen molar-refractivity contribution in [1.29, 1.82) is 0 Å². The maximum absolute atomic E-state index is 10.6. The smallest absolute Gasteiger partial charge is 0.191 e. The van der Waals surface area contributed by atoms with Gasteiger partial charge < -0.3 is 20.2 Å². The molecule has 0 saturated heterocycles. The van der Waals surface area contributed by atoms with E-state index in [2.05, 4.69) is 39.9 Å². The Morgan fingerprint density at radius 1 is 1.26 bits per heavy atom. The van der Waals surface area contributed by atoms with Crippen molar-refractivity contribution in [2.75, 3.05) is 19.6 Å². The zero-order valence-corrected chi connectivity index (χ0v) is 18.4. The van der Waals surface area contributed by atoms with Crippen LogP contribution in [-0.4, -0.2) is 30.7 Å². The summed E-state index contributed by atoms with van der Waals surface area (Å²) >= 11 is 0. The van der Waals surface area contributed by atoms with Gasteiger partial charge in [-0.3, -0.25) is 0 Å². The summed E-state index contributed by atoms with van der Waals surface area (Å²) in [5.41, 5.74) is 1.79. The second-order valence-electron chi connectivity index (χ2n) is 7.12. The van der Waals surface area contributed by atoms with Crippen LogP contribution in [0.5, 0.6) is 0 Å². The minimum absolute atomic E-state index is 0. The molecule has 1 aliphatic carbocycles. The molecule has 0 radical (unpaired) electrons. The van der Waals surface area contributed by atoms with Gasteiger partial charge in [-0.25, -0.2) is 4.99 Å². The van der Waals surface area contributed by atoms with E-state index in [1.54, 1.807) is 25.3 Å². The summed E-state index contributed by atoms with van der Waals surface area (Å²) in [6.07, 6.45) is 5.15. The summed E-state index contributed by atoms with van der Waals surface area (Å²) in [7, 11) is 0. The van der Waals surface area contributed by atoms with Gasteiger partial charge >= 0.3 is 0 Å². The number of guanidine groups is 1. The predicted octanol–water partition coefficient (Wildman–Crippen LogP) is 3.78. The normalized spacial score (nSPS) is 18.8. The predicted molar refractivity (Wildman–Crippen MR) is 120 cm³/mol. The van der Waals surface area contributed by atoms with Crippen LogP contribution in [0.15, 0.2) is 52.1 Å². The molecule has 0 amide bonds. The largest absolute Gasteiger partial charge is 0.466 e. The maximum atomic E-state index is 10.6. The molecule has 1 aliphatic rings. The van der Waals surface area contributed by atoms with Crippen molar-refractivity contribution in [3.8, 4) is 0 Å². The number of fused-ring (bicyclic) bond motifs is 1. The van der Waals surface area contributed by atoms with Crippen LogP contribution in [0.25, 0.3) is 0 Å². The molecule has 5 nitrogen and oxygen atoms in total. The molecule has 6 heteroatoms. The van der Waals surface area contributed by atoms with Crippen molar-refractivity contribution in [2.45, 2.75) is 44.6 Å². The van der Waals surface area contributed by atoms with Gasteiger partial charge in [0.15, 0.2) is 5.96 Å². The molecule has 1 aromatic carbocycles. The fraction of sp³-hybridized carbons (Fsp3) is 0.476. The van der Waals surface area contributed by atoms with E-state index >= 15 is 0 Å². The first kappa shape index (κ1) is 21.8. The molecule has 2 unspecified atom stereocenters. The second-order valence-corrected chi connectivity index (χ2v) is 7.12. The van der Waals surface area contributed by atoms with Crippen molar-refractivity contribution >= 4 is 29.9 Å². The average Bonchev–Trinajstić information content (AvgIpc) is 3.20. The summed E-state index contributed by atoms with van der Waals surface area (Å²) in [5, 5.41) is 17.3. The fourth-order valence-corrected chi connectivity index (χ4v) is 3.52. The van der Waals surface area contributed by atoms with E-state index in [1.807, 2.05) is 6.92 Å². The maximum Gasteiger partial charge on any atom is 0.191 e. The minimum Gasteiger partial charge on any atom is -0.466 e. The molecule has 1 heterocycles. The Kier molecular flexibility index (Phi) is 8.16. The topological polar surface area (TPSA) is 69.8 Å². The van der Waals surface area contributed by atoms with E-state index in [0.717, 1.165) is 19.0 Å². The number of hydrogen-bond acceptors (Lipinski definition) is 3. The van der Waals surface area contributed by atoms with Crippen molar-refractivity contribution < 1.29 is 9.52 Å². The Labute approximate surface area is 178 Å². The fourth-order valence-electron chi connectivity index (χ4n) is 3.52. The molecule has 0 spiro atoms. The van der Waals surface area contributed by atoms with Crippen LogP contribution in [0.3, 0.4) is 0 Å². The zero-order valence-electron chi connectivity index (χ0n) is 16.1. The molecule has 3 rings (SSSR count). The molecule has 1 aromatic heterocycles. The van der Waals surface area contributed by atoms with Crippen LogP contribution in [0.2, 0.25) is 0 Å². The van der Waals surface area contributed by atoms with Crippen LogP contribution in [0, 0.1) is 0 Å². The van der Waals surface area contributed by atoms with Crippen LogP contribution < -0.4 is 10.6 Å². The number of aliphatic imine (C=N–C) groups is 1. The Morgan fingerprint density at radius 2 is 2.07 bits per heavy atom. The highest BCUT2D eigenvalue weighted by Gasteiger charge is 2.26. The summed E-state index contributed by atoms with van der Waals surface area (Å²) in [6.45, 7) is 5.60.